The number of nitrogens with zero attached hydrogens (tertiary/aromatic N) is 2. The van der Waals surface area contributed by atoms with Crippen molar-refractivity contribution in [2.45, 2.75) is 38.5 Å². The van der Waals surface area contributed by atoms with Gasteiger partial charge in [0.1, 0.15) is 12.8 Å². The van der Waals surface area contributed by atoms with E-state index in [0.717, 1.165) is 31.5 Å². The van der Waals surface area contributed by atoms with Crippen molar-refractivity contribution in [1.82, 2.24) is 10.3 Å². The first-order valence-electron chi connectivity index (χ1n) is 8.03. The largest absolute Gasteiger partial charge is 0.445 e. The molecule has 0 aliphatic carbocycles. The first kappa shape index (κ1) is 18.2. The van der Waals surface area contributed by atoms with Crippen molar-refractivity contribution in [1.29, 1.82) is 0 Å². The number of rotatable bonds is 3. The van der Waals surface area contributed by atoms with Crippen molar-refractivity contribution in [3.8, 4) is 0 Å². The van der Waals surface area contributed by atoms with Crippen LogP contribution in [-0.4, -0.2) is 42.4 Å². The van der Waals surface area contributed by atoms with Crippen LogP contribution in [0, 0.1) is 0 Å². The fraction of sp³-hybridized carbons (Fsp3) is 0.500. The number of carbonyl (C=O) groups excluding carboxylic acids is 2. The number of hydrazine groups is 1. The molecule has 2 aliphatic rings. The molecule has 2 amide bonds. The van der Waals surface area contributed by atoms with Crippen LogP contribution < -0.4 is 21.9 Å². The topological polar surface area (TPSA) is 114 Å². The van der Waals surface area contributed by atoms with Crippen molar-refractivity contribution in [2.24, 2.45) is 11.6 Å². The Morgan fingerprint density at radius 3 is 2.58 bits per heavy atom. The minimum Gasteiger partial charge on any atom is -0.445 e. The number of primary amides is 1. The Labute approximate surface area is 141 Å². The molecule has 0 radical (unpaired) electrons. The van der Waals surface area contributed by atoms with E-state index in [9.17, 15) is 9.59 Å². The number of nitrogens with two attached hydrogens (primary N) is 2. The number of hydrogen-bond acceptors (Lipinski definition) is 6. The number of para-hydroxylation sites is 1. The molecular formula is C16H25N5O3. The van der Waals surface area contributed by atoms with Crippen LogP contribution in [-0.2, 0) is 9.53 Å². The molecule has 0 aromatic heterocycles. The molecular weight excluding hydrogens is 310 g/mol. The summed E-state index contributed by atoms with van der Waals surface area (Å²) >= 11 is 0. The van der Waals surface area contributed by atoms with Crippen LogP contribution in [0.15, 0.2) is 30.3 Å². The number of anilines is 1. The van der Waals surface area contributed by atoms with Gasteiger partial charge in [-0.1, -0.05) is 18.2 Å². The fourth-order valence-corrected chi connectivity index (χ4v) is 3.01. The fourth-order valence-electron chi connectivity index (χ4n) is 3.01. The zero-order chi connectivity index (χ0) is 17.5. The Morgan fingerprint density at radius 1 is 1.29 bits per heavy atom. The van der Waals surface area contributed by atoms with Gasteiger partial charge in [-0.3, -0.25) is 20.4 Å². The van der Waals surface area contributed by atoms with Crippen molar-refractivity contribution < 1.29 is 14.3 Å². The van der Waals surface area contributed by atoms with Gasteiger partial charge < -0.3 is 10.5 Å². The molecule has 2 fully saturated rings. The zero-order valence-corrected chi connectivity index (χ0v) is 13.9. The Kier molecular flexibility index (Phi) is 6.53. The van der Waals surface area contributed by atoms with Gasteiger partial charge in [-0.05, 0) is 31.4 Å². The zero-order valence-electron chi connectivity index (χ0n) is 13.9. The quantitative estimate of drug-likeness (QED) is 0.554. The second kappa shape index (κ2) is 8.62. The first-order chi connectivity index (χ1) is 11.5. The number of cyclic esters (lactones) is 1. The van der Waals surface area contributed by atoms with E-state index in [1.807, 2.05) is 30.3 Å². The molecule has 3 rings (SSSR count). The molecule has 0 saturated carbocycles. The summed E-state index contributed by atoms with van der Waals surface area (Å²) in [6, 6.07) is 9.63. The van der Waals surface area contributed by atoms with Crippen molar-refractivity contribution >= 4 is 17.7 Å². The van der Waals surface area contributed by atoms with Gasteiger partial charge in [0.25, 0.3) is 0 Å². The average Bonchev–Trinajstić information content (AvgIpc) is 2.96. The molecule has 0 spiro atoms. The SMILES string of the molecule is CC(N)=O.NNC1CCCCN1C1COC(=O)N1c1ccccc1. The van der Waals surface area contributed by atoms with Gasteiger partial charge in [0.15, 0.2) is 0 Å². The van der Waals surface area contributed by atoms with E-state index in [0.29, 0.717) is 6.61 Å². The van der Waals surface area contributed by atoms with E-state index >= 15 is 0 Å². The van der Waals surface area contributed by atoms with E-state index in [-0.39, 0.29) is 24.3 Å². The number of hydrogen-bond donors (Lipinski definition) is 3. The first-order valence-corrected chi connectivity index (χ1v) is 8.03. The predicted octanol–water partition coefficient (Wildman–Crippen LogP) is 0.736. The lowest BCUT2D eigenvalue weighted by molar-refractivity contribution is -0.115. The van der Waals surface area contributed by atoms with Gasteiger partial charge in [0, 0.05) is 19.2 Å². The lowest BCUT2D eigenvalue weighted by atomic mass is 10.1. The third-order valence-corrected chi connectivity index (χ3v) is 4.00. The average molecular weight is 335 g/mol. The summed E-state index contributed by atoms with van der Waals surface area (Å²) < 4.78 is 5.26. The second-order valence-corrected chi connectivity index (χ2v) is 5.79. The van der Waals surface area contributed by atoms with Crippen LogP contribution in [0.4, 0.5) is 10.5 Å². The number of benzene rings is 1. The highest BCUT2D eigenvalue weighted by molar-refractivity contribution is 5.90. The lowest BCUT2D eigenvalue weighted by Crippen LogP contribution is -2.59. The summed E-state index contributed by atoms with van der Waals surface area (Å²) in [7, 11) is 0. The summed E-state index contributed by atoms with van der Waals surface area (Å²) in [5.41, 5.74) is 8.18. The number of ether oxygens (including phenoxy) is 1. The maximum absolute atomic E-state index is 12.0. The van der Waals surface area contributed by atoms with Crippen molar-refractivity contribution in [3.05, 3.63) is 30.3 Å². The molecule has 2 unspecified atom stereocenters. The Morgan fingerprint density at radius 2 is 1.96 bits per heavy atom. The van der Waals surface area contributed by atoms with E-state index in [4.69, 9.17) is 10.6 Å². The van der Waals surface area contributed by atoms with Crippen LogP contribution in [0.2, 0.25) is 0 Å². The maximum atomic E-state index is 12.0. The van der Waals surface area contributed by atoms with Crippen LogP contribution >= 0.6 is 0 Å². The van der Waals surface area contributed by atoms with Gasteiger partial charge >= 0.3 is 6.09 Å². The molecule has 1 aromatic carbocycles. The number of piperidine rings is 1. The summed E-state index contributed by atoms with van der Waals surface area (Å²) in [4.78, 5) is 25.2. The van der Waals surface area contributed by atoms with Crippen LogP contribution in [0.25, 0.3) is 0 Å². The van der Waals surface area contributed by atoms with Gasteiger partial charge in [-0.15, -0.1) is 0 Å². The van der Waals surface area contributed by atoms with E-state index in [2.05, 4.69) is 16.1 Å². The minimum absolute atomic E-state index is 0.0914. The van der Waals surface area contributed by atoms with E-state index in [1.165, 1.54) is 6.92 Å². The normalized spacial score (nSPS) is 24.1. The summed E-state index contributed by atoms with van der Waals surface area (Å²) in [6.45, 7) is 2.60. The molecule has 2 aliphatic heterocycles. The van der Waals surface area contributed by atoms with Crippen LogP contribution in [0.1, 0.15) is 26.2 Å². The summed E-state index contributed by atoms with van der Waals surface area (Å²) in [5, 5.41) is 0. The molecule has 1 aromatic rings. The standard InChI is InChI=1S/C14H20N4O2.C2H5NO/c15-16-12-8-4-5-9-17(12)13-10-20-14(19)18(13)11-6-2-1-3-7-11;1-2(3)4/h1-3,6-7,12-13,16H,4-5,8-10,15H2;1H3,(H2,3,4). The summed E-state index contributed by atoms with van der Waals surface area (Å²) in [6.07, 6.45) is 2.97. The van der Waals surface area contributed by atoms with Gasteiger partial charge in [-0.25, -0.2) is 10.2 Å². The smallest absolute Gasteiger partial charge is 0.415 e. The molecule has 2 atom stereocenters. The molecule has 132 valence electrons. The van der Waals surface area contributed by atoms with Crippen molar-refractivity contribution in [3.63, 3.8) is 0 Å². The number of amides is 2. The highest BCUT2D eigenvalue weighted by atomic mass is 16.6. The lowest BCUT2D eigenvalue weighted by Gasteiger charge is -2.40. The van der Waals surface area contributed by atoms with Gasteiger partial charge in [0.05, 0.1) is 6.17 Å². The Bertz CT molecular complexity index is 550. The van der Waals surface area contributed by atoms with Crippen molar-refractivity contribution in [2.75, 3.05) is 18.1 Å². The number of likely N-dealkylation sites (tertiary alicyclic amines) is 1. The molecule has 8 nitrogen and oxygen atoms in total. The number of nitrogens with one attached hydrogen (secondary N) is 1. The molecule has 8 heteroatoms. The molecule has 0 bridgehead atoms. The van der Waals surface area contributed by atoms with Crippen LogP contribution in [0.3, 0.4) is 0 Å². The molecule has 5 N–H and O–H groups in total. The maximum Gasteiger partial charge on any atom is 0.415 e. The third-order valence-electron chi connectivity index (χ3n) is 4.00. The molecule has 2 saturated heterocycles. The Balaban J connectivity index is 0.000000471. The third kappa shape index (κ3) is 4.44. The monoisotopic (exact) mass is 335 g/mol. The van der Waals surface area contributed by atoms with Crippen LogP contribution in [0.5, 0.6) is 0 Å². The highest BCUT2D eigenvalue weighted by Crippen LogP contribution is 2.28. The minimum atomic E-state index is -0.333. The van der Waals surface area contributed by atoms with E-state index < -0.39 is 0 Å². The van der Waals surface area contributed by atoms with Gasteiger partial charge in [-0.2, -0.15) is 0 Å². The molecule has 24 heavy (non-hydrogen) atoms. The second-order valence-electron chi connectivity index (χ2n) is 5.79. The van der Waals surface area contributed by atoms with E-state index in [1.54, 1.807) is 4.90 Å². The predicted molar refractivity (Wildman–Crippen MR) is 90.6 cm³/mol. The number of carbonyl (C=O) groups is 2. The highest BCUT2D eigenvalue weighted by Gasteiger charge is 2.41. The molecule has 2 heterocycles. The summed E-state index contributed by atoms with van der Waals surface area (Å²) in [5.74, 6) is 5.31. The van der Waals surface area contributed by atoms with Gasteiger partial charge in [0.2, 0.25) is 5.91 Å². The Hall–Kier alpha value is -2.16.